The van der Waals surface area contributed by atoms with E-state index in [1.54, 1.807) is 0 Å². The average molecular weight is 240 g/mol. The molecule has 3 nitrogen and oxygen atoms in total. The van der Waals surface area contributed by atoms with Gasteiger partial charge in [-0.15, -0.1) is 0 Å². The Morgan fingerprint density at radius 3 is 3.00 bits per heavy atom. The van der Waals surface area contributed by atoms with E-state index in [2.05, 4.69) is 20.9 Å². The maximum absolute atomic E-state index is 5.78. The fraction of sp³-hybridized carbons (Fsp3) is 0.222. The predicted molar refractivity (Wildman–Crippen MR) is 55.5 cm³/mol. The van der Waals surface area contributed by atoms with Crippen LogP contribution >= 0.6 is 15.9 Å². The van der Waals surface area contributed by atoms with Gasteiger partial charge in [-0.05, 0) is 35.0 Å². The number of imidazole rings is 1. The van der Waals surface area contributed by atoms with E-state index in [1.165, 1.54) is 0 Å². The molecular weight excluding hydrogens is 230 g/mol. The molecule has 0 spiro atoms. The normalized spacial score (nSPS) is 13.5. The largest absolute Gasteiger partial charge is 0.322 e. The number of aromatic nitrogens is 2. The van der Waals surface area contributed by atoms with Crippen molar-refractivity contribution < 1.29 is 0 Å². The Morgan fingerprint density at radius 1 is 1.54 bits per heavy atom. The number of nitrogens with two attached hydrogens (primary N) is 1. The van der Waals surface area contributed by atoms with Crippen LogP contribution in [0, 0.1) is 0 Å². The molecule has 0 amide bonds. The van der Waals surface area contributed by atoms with Gasteiger partial charge in [0.15, 0.2) is 0 Å². The van der Waals surface area contributed by atoms with Crippen molar-refractivity contribution in [2.45, 2.75) is 13.0 Å². The smallest absolute Gasteiger partial charge is 0.129 e. The third-order valence-electron chi connectivity index (χ3n) is 1.93. The first-order valence-corrected chi connectivity index (χ1v) is 4.86. The molecule has 0 fully saturated rings. The minimum Gasteiger partial charge on any atom is -0.322 e. The van der Waals surface area contributed by atoms with E-state index in [0.29, 0.717) is 0 Å². The molecule has 0 aliphatic rings. The molecule has 2 N–H and O–H groups in total. The van der Waals surface area contributed by atoms with Gasteiger partial charge in [-0.25, -0.2) is 4.98 Å². The van der Waals surface area contributed by atoms with Gasteiger partial charge in [-0.1, -0.05) is 0 Å². The Morgan fingerprint density at radius 2 is 2.31 bits per heavy atom. The fourth-order valence-electron chi connectivity index (χ4n) is 1.32. The molecule has 1 atom stereocenters. The minimum atomic E-state index is -0.0446. The van der Waals surface area contributed by atoms with Gasteiger partial charge >= 0.3 is 0 Å². The van der Waals surface area contributed by atoms with Crippen LogP contribution in [-0.4, -0.2) is 9.38 Å². The maximum Gasteiger partial charge on any atom is 0.129 e. The van der Waals surface area contributed by atoms with E-state index in [9.17, 15) is 0 Å². The number of rotatable bonds is 1. The van der Waals surface area contributed by atoms with Gasteiger partial charge in [0.25, 0.3) is 0 Å². The van der Waals surface area contributed by atoms with E-state index in [1.807, 2.05) is 35.9 Å². The molecule has 2 aromatic heterocycles. The lowest BCUT2D eigenvalue weighted by Gasteiger charge is -2.04. The number of hydrogen-bond acceptors (Lipinski definition) is 2. The van der Waals surface area contributed by atoms with Crippen LogP contribution in [0.15, 0.2) is 29.0 Å². The summed E-state index contributed by atoms with van der Waals surface area (Å²) in [6, 6.07) is 3.95. The van der Waals surface area contributed by atoms with Crippen molar-refractivity contribution in [1.29, 1.82) is 0 Å². The molecule has 0 bridgehead atoms. The quantitative estimate of drug-likeness (QED) is 0.829. The Bertz CT molecular complexity index is 433. The van der Waals surface area contributed by atoms with Crippen molar-refractivity contribution in [1.82, 2.24) is 9.38 Å². The van der Waals surface area contributed by atoms with Gasteiger partial charge < -0.3 is 10.1 Å². The number of halogens is 1. The second-order valence-electron chi connectivity index (χ2n) is 3.05. The first-order valence-electron chi connectivity index (χ1n) is 4.06. The van der Waals surface area contributed by atoms with Crippen molar-refractivity contribution >= 4 is 21.4 Å². The van der Waals surface area contributed by atoms with Crippen LogP contribution in [0.1, 0.15) is 18.8 Å². The van der Waals surface area contributed by atoms with Crippen molar-refractivity contribution in [2.75, 3.05) is 0 Å². The number of hydrogen-bond donors (Lipinski definition) is 1. The minimum absolute atomic E-state index is 0.0446. The molecule has 0 aromatic carbocycles. The van der Waals surface area contributed by atoms with Gasteiger partial charge in [0.2, 0.25) is 0 Å². The summed E-state index contributed by atoms with van der Waals surface area (Å²) in [7, 11) is 0. The maximum atomic E-state index is 5.78. The molecule has 0 saturated carbocycles. The Kier molecular flexibility index (Phi) is 2.09. The van der Waals surface area contributed by atoms with Crippen LogP contribution < -0.4 is 5.73 Å². The third kappa shape index (κ3) is 1.47. The molecule has 0 aliphatic heterocycles. The second-order valence-corrected chi connectivity index (χ2v) is 3.96. The molecule has 0 aliphatic carbocycles. The zero-order valence-corrected chi connectivity index (χ0v) is 8.82. The standard InChI is InChI=1S/C9H10BrN3/c1-6(11)9-12-4-8-3-2-7(10)5-13(8)9/h2-6H,11H2,1H3. The Labute approximate surface area is 84.7 Å². The Hall–Kier alpha value is -0.870. The molecule has 13 heavy (non-hydrogen) atoms. The molecule has 2 aromatic rings. The van der Waals surface area contributed by atoms with Gasteiger partial charge in [0, 0.05) is 10.7 Å². The van der Waals surface area contributed by atoms with Crippen molar-refractivity contribution in [3.63, 3.8) is 0 Å². The predicted octanol–water partition coefficient (Wildman–Crippen LogP) is 2.12. The lowest BCUT2D eigenvalue weighted by atomic mass is 10.3. The van der Waals surface area contributed by atoms with Crippen LogP contribution in [0.3, 0.4) is 0 Å². The second kappa shape index (κ2) is 3.12. The third-order valence-corrected chi connectivity index (χ3v) is 2.40. The monoisotopic (exact) mass is 239 g/mol. The van der Waals surface area contributed by atoms with Gasteiger partial charge in [0.1, 0.15) is 5.82 Å². The summed E-state index contributed by atoms with van der Waals surface area (Å²) in [5.41, 5.74) is 6.84. The summed E-state index contributed by atoms with van der Waals surface area (Å²) >= 11 is 3.41. The van der Waals surface area contributed by atoms with E-state index in [0.717, 1.165) is 15.8 Å². The van der Waals surface area contributed by atoms with Crippen LogP contribution in [0.5, 0.6) is 0 Å². The SMILES string of the molecule is CC(N)c1ncc2ccc(Br)cn12. The summed E-state index contributed by atoms with van der Waals surface area (Å²) < 4.78 is 3.02. The topological polar surface area (TPSA) is 43.3 Å². The van der Waals surface area contributed by atoms with Crippen LogP contribution in [0.2, 0.25) is 0 Å². The molecule has 68 valence electrons. The highest BCUT2D eigenvalue weighted by Crippen LogP contribution is 2.16. The van der Waals surface area contributed by atoms with Crippen molar-refractivity contribution in [3.05, 3.63) is 34.8 Å². The molecular formula is C9H10BrN3. The van der Waals surface area contributed by atoms with E-state index in [-0.39, 0.29) is 6.04 Å². The fourth-order valence-corrected chi connectivity index (χ4v) is 1.66. The number of nitrogens with zero attached hydrogens (tertiary/aromatic N) is 2. The lowest BCUT2D eigenvalue weighted by molar-refractivity contribution is 0.735. The zero-order valence-electron chi connectivity index (χ0n) is 7.24. The van der Waals surface area contributed by atoms with Crippen LogP contribution in [0.25, 0.3) is 5.52 Å². The summed E-state index contributed by atoms with van der Waals surface area (Å²) in [5, 5.41) is 0. The zero-order chi connectivity index (χ0) is 9.42. The molecule has 0 radical (unpaired) electrons. The van der Waals surface area contributed by atoms with Gasteiger partial charge in [0.05, 0.1) is 17.8 Å². The number of pyridine rings is 1. The Balaban J connectivity index is 2.71. The van der Waals surface area contributed by atoms with E-state index in [4.69, 9.17) is 5.73 Å². The van der Waals surface area contributed by atoms with E-state index >= 15 is 0 Å². The van der Waals surface area contributed by atoms with Crippen LogP contribution in [0.4, 0.5) is 0 Å². The molecule has 2 rings (SSSR count). The molecule has 2 heterocycles. The first-order chi connectivity index (χ1) is 6.18. The summed E-state index contributed by atoms with van der Waals surface area (Å²) in [4.78, 5) is 4.25. The molecule has 0 saturated heterocycles. The number of fused-ring (bicyclic) bond motifs is 1. The summed E-state index contributed by atoms with van der Waals surface area (Å²) in [5.74, 6) is 0.885. The summed E-state index contributed by atoms with van der Waals surface area (Å²) in [6.45, 7) is 1.93. The van der Waals surface area contributed by atoms with Crippen molar-refractivity contribution in [2.24, 2.45) is 5.73 Å². The van der Waals surface area contributed by atoms with Gasteiger partial charge in [-0.2, -0.15) is 0 Å². The summed E-state index contributed by atoms with van der Waals surface area (Å²) in [6.07, 6.45) is 3.80. The highest BCUT2D eigenvalue weighted by Gasteiger charge is 2.06. The first kappa shape index (κ1) is 8.72. The highest BCUT2D eigenvalue weighted by atomic mass is 79.9. The van der Waals surface area contributed by atoms with E-state index < -0.39 is 0 Å². The van der Waals surface area contributed by atoms with Gasteiger partial charge in [-0.3, -0.25) is 0 Å². The lowest BCUT2D eigenvalue weighted by Crippen LogP contribution is -2.09. The van der Waals surface area contributed by atoms with Crippen LogP contribution in [-0.2, 0) is 0 Å². The molecule has 1 unspecified atom stereocenters. The molecule has 4 heteroatoms. The highest BCUT2D eigenvalue weighted by molar-refractivity contribution is 9.10. The average Bonchev–Trinajstić information content (AvgIpc) is 2.46. The van der Waals surface area contributed by atoms with Crippen molar-refractivity contribution in [3.8, 4) is 0 Å².